The zero-order valence-corrected chi connectivity index (χ0v) is 10.0. The predicted molar refractivity (Wildman–Crippen MR) is 60.7 cm³/mol. The first-order valence-electron chi connectivity index (χ1n) is 6.50. The number of hydrogen-bond acceptors (Lipinski definition) is 5. The molecule has 2 unspecified atom stereocenters. The molecule has 98 valence electrons. The van der Waals surface area contributed by atoms with Gasteiger partial charge in [-0.15, -0.1) is 0 Å². The molecule has 0 aromatic rings. The van der Waals surface area contributed by atoms with E-state index in [-0.39, 0.29) is 5.60 Å². The van der Waals surface area contributed by atoms with Gasteiger partial charge in [-0.05, 0) is 12.8 Å². The van der Waals surface area contributed by atoms with E-state index in [0.717, 1.165) is 32.5 Å². The highest BCUT2D eigenvalue weighted by Gasteiger charge is 2.44. The van der Waals surface area contributed by atoms with E-state index in [9.17, 15) is 10.2 Å². The number of nitrogens with zero attached hydrogens (tertiary/aromatic N) is 1. The van der Waals surface area contributed by atoms with Crippen molar-refractivity contribution < 1.29 is 19.7 Å². The Labute approximate surface area is 101 Å². The fourth-order valence-electron chi connectivity index (χ4n) is 3.27. The lowest BCUT2D eigenvalue weighted by atomic mass is 9.89. The monoisotopic (exact) mass is 243 g/mol. The van der Waals surface area contributed by atoms with Crippen molar-refractivity contribution in [2.45, 2.75) is 43.1 Å². The van der Waals surface area contributed by atoms with Gasteiger partial charge in [0.25, 0.3) is 0 Å². The Morgan fingerprint density at radius 3 is 2.53 bits per heavy atom. The molecule has 4 atom stereocenters. The lowest BCUT2D eigenvalue weighted by Gasteiger charge is -2.40. The maximum atomic E-state index is 9.61. The van der Waals surface area contributed by atoms with Crippen molar-refractivity contribution in [1.29, 1.82) is 0 Å². The number of aliphatic hydroxyl groups excluding tert-OH is 2. The molecule has 3 heterocycles. The molecule has 0 aromatic heterocycles. The average molecular weight is 243 g/mol. The molecule has 3 saturated heterocycles. The summed E-state index contributed by atoms with van der Waals surface area (Å²) in [6.45, 7) is 3.42. The highest BCUT2D eigenvalue weighted by Crippen LogP contribution is 2.35. The van der Waals surface area contributed by atoms with E-state index in [1.54, 1.807) is 0 Å². The van der Waals surface area contributed by atoms with Crippen molar-refractivity contribution in [3.63, 3.8) is 0 Å². The van der Waals surface area contributed by atoms with E-state index in [1.165, 1.54) is 0 Å². The molecule has 1 spiro atoms. The van der Waals surface area contributed by atoms with Crippen LogP contribution in [-0.2, 0) is 9.47 Å². The SMILES string of the molecule is O[C@@H]1CN(C2CCOC3(CCOC3)C2)C[C@@H]1O. The topological polar surface area (TPSA) is 62.2 Å². The lowest BCUT2D eigenvalue weighted by Crippen LogP contribution is -2.48. The van der Waals surface area contributed by atoms with Gasteiger partial charge in [-0.25, -0.2) is 0 Å². The van der Waals surface area contributed by atoms with Crippen LogP contribution in [-0.4, -0.2) is 71.9 Å². The third-order valence-corrected chi connectivity index (χ3v) is 4.34. The Morgan fingerprint density at radius 2 is 1.88 bits per heavy atom. The summed E-state index contributed by atoms with van der Waals surface area (Å²) in [4.78, 5) is 2.21. The first-order valence-corrected chi connectivity index (χ1v) is 6.50. The van der Waals surface area contributed by atoms with Crippen LogP contribution >= 0.6 is 0 Å². The predicted octanol–water partition coefficient (Wildman–Crippen LogP) is -0.638. The first-order chi connectivity index (χ1) is 8.19. The second kappa shape index (κ2) is 4.48. The molecule has 5 nitrogen and oxygen atoms in total. The van der Waals surface area contributed by atoms with Crippen molar-refractivity contribution in [3.05, 3.63) is 0 Å². The van der Waals surface area contributed by atoms with Gasteiger partial charge in [-0.2, -0.15) is 0 Å². The highest BCUT2D eigenvalue weighted by molar-refractivity contribution is 4.96. The van der Waals surface area contributed by atoms with Gasteiger partial charge in [0.15, 0.2) is 0 Å². The second-order valence-electron chi connectivity index (χ2n) is 5.57. The molecular formula is C12H21NO4. The van der Waals surface area contributed by atoms with E-state index in [0.29, 0.717) is 25.7 Å². The van der Waals surface area contributed by atoms with Crippen molar-refractivity contribution in [3.8, 4) is 0 Å². The quantitative estimate of drug-likeness (QED) is 0.641. The van der Waals surface area contributed by atoms with Gasteiger partial charge >= 0.3 is 0 Å². The van der Waals surface area contributed by atoms with Crippen LogP contribution in [0.4, 0.5) is 0 Å². The molecule has 3 rings (SSSR count). The third kappa shape index (κ3) is 2.22. The fraction of sp³-hybridized carbons (Fsp3) is 1.00. The van der Waals surface area contributed by atoms with Crippen molar-refractivity contribution in [2.75, 3.05) is 32.9 Å². The standard InChI is InChI=1S/C12H21NO4/c14-10-6-13(7-11(10)15)9-1-3-17-12(5-9)2-4-16-8-12/h9-11,14-15H,1-8H2/t9?,10-,11+,12?. The zero-order chi connectivity index (χ0) is 11.9. The molecule has 3 aliphatic rings. The lowest BCUT2D eigenvalue weighted by molar-refractivity contribution is -0.105. The van der Waals surface area contributed by atoms with Gasteiger partial charge in [0.05, 0.1) is 24.4 Å². The summed E-state index contributed by atoms with van der Waals surface area (Å²) in [6.07, 6.45) is 1.75. The molecule has 5 heteroatoms. The molecule has 0 amide bonds. The van der Waals surface area contributed by atoms with E-state index in [4.69, 9.17) is 9.47 Å². The van der Waals surface area contributed by atoms with Crippen LogP contribution in [0.25, 0.3) is 0 Å². The minimum Gasteiger partial charge on any atom is -0.389 e. The van der Waals surface area contributed by atoms with E-state index in [1.807, 2.05) is 0 Å². The van der Waals surface area contributed by atoms with Crippen LogP contribution in [0, 0.1) is 0 Å². The first kappa shape index (κ1) is 11.9. The Bertz CT molecular complexity index is 270. The van der Waals surface area contributed by atoms with Crippen LogP contribution in [0.3, 0.4) is 0 Å². The molecule has 0 radical (unpaired) electrons. The van der Waals surface area contributed by atoms with Gasteiger partial charge in [-0.1, -0.05) is 0 Å². The van der Waals surface area contributed by atoms with Crippen LogP contribution in [0.15, 0.2) is 0 Å². The Balaban J connectivity index is 1.64. The number of rotatable bonds is 1. The van der Waals surface area contributed by atoms with E-state index in [2.05, 4.69) is 4.90 Å². The molecule has 3 aliphatic heterocycles. The highest BCUT2D eigenvalue weighted by atomic mass is 16.6. The minimum absolute atomic E-state index is 0.0958. The van der Waals surface area contributed by atoms with Crippen molar-refractivity contribution in [1.82, 2.24) is 4.90 Å². The summed E-state index contributed by atoms with van der Waals surface area (Å²) in [5, 5.41) is 19.2. The summed E-state index contributed by atoms with van der Waals surface area (Å²) >= 11 is 0. The summed E-state index contributed by atoms with van der Waals surface area (Å²) < 4.78 is 11.3. The molecule has 0 bridgehead atoms. The van der Waals surface area contributed by atoms with Gasteiger partial charge in [-0.3, -0.25) is 4.90 Å². The van der Waals surface area contributed by atoms with Crippen LogP contribution in [0.1, 0.15) is 19.3 Å². The van der Waals surface area contributed by atoms with E-state index < -0.39 is 12.2 Å². The molecule has 0 saturated carbocycles. The molecule has 3 fully saturated rings. The summed E-state index contributed by atoms with van der Waals surface area (Å²) in [5.74, 6) is 0. The van der Waals surface area contributed by atoms with Crippen LogP contribution in [0.2, 0.25) is 0 Å². The van der Waals surface area contributed by atoms with Crippen molar-refractivity contribution >= 4 is 0 Å². The fourth-order valence-corrected chi connectivity index (χ4v) is 3.27. The molecule has 0 aliphatic carbocycles. The Kier molecular flexibility index (Phi) is 3.13. The number of hydrogen-bond donors (Lipinski definition) is 2. The van der Waals surface area contributed by atoms with Gasteiger partial charge in [0.2, 0.25) is 0 Å². The molecule has 2 N–H and O–H groups in total. The second-order valence-corrected chi connectivity index (χ2v) is 5.57. The van der Waals surface area contributed by atoms with Gasteiger partial charge in [0.1, 0.15) is 0 Å². The average Bonchev–Trinajstić information content (AvgIpc) is 2.88. The minimum atomic E-state index is -0.589. The Morgan fingerprint density at radius 1 is 1.12 bits per heavy atom. The normalized spacial score (nSPS) is 48.0. The molecular weight excluding hydrogens is 222 g/mol. The van der Waals surface area contributed by atoms with Gasteiger partial charge in [0, 0.05) is 38.8 Å². The third-order valence-electron chi connectivity index (χ3n) is 4.34. The smallest absolute Gasteiger partial charge is 0.0951 e. The summed E-state index contributed by atoms with van der Waals surface area (Å²) in [5.41, 5.74) is -0.0958. The van der Waals surface area contributed by atoms with Crippen LogP contribution in [0.5, 0.6) is 0 Å². The number of aliphatic hydroxyl groups is 2. The van der Waals surface area contributed by atoms with E-state index >= 15 is 0 Å². The largest absolute Gasteiger partial charge is 0.389 e. The maximum absolute atomic E-state index is 9.61. The summed E-state index contributed by atoms with van der Waals surface area (Å²) in [7, 11) is 0. The molecule has 17 heavy (non-hydrogen) atoms. The number of β-amino-alcohol motifs (C(OH)–C–C–N with tert-alkyl or cyclic N) is 2. The number of ether oxygens (including phenoxy) is 2. The number of likely N-dealkylation sites (tertiary alicyclic amines) is 1. The summed E-state index contributed by atoms with van der Waals surface area (Å²) in [6, 6.07) is 0.414. The van der Waals surface area contributed by atoms with Gasteiger partial charge < -0.3 is 19.7 Å². The van der Waals surface area contributed by atoms with Crippen LogP contribution < -0.4 is 0 Å². The zero-order valence-electron chi connectivity index (χ0n) is 10.0. The molecule has 0 aromatic carbocycles. The van der Waals surface area contributed by atoms with Crippen molar-refractivity contribution in [2.24, 2.45) is 0 Å². The maximum Gasteiger partial charge on any atom is 0.0951 e. The Hall–Kier alpha value is -0.200.